The Morgan fingerprint density at radius 3 is 2.97 bits per heavy atom. The zero-order chi connectivity index (χ0) is 20.8. The maximum absolute atomic E-state index is 12.2. The molecule has 0 saturated heterocycles. The maximum Gasteiger partial charge on any atom is 0.404 e. The highest BCUT2D eigenvalue weighted by Crippen LogP contribution is 2.40. The second-order valence-electron chi connectivity index (χ2n) is 7.76. The first-order valence-electron chi connectivity index (χ1n) is 10.2. The standard InChI is InChI=1S/C19H29N7O3/c1-3-26-20-11-15(25-26)9-18(27)22-17-10-16(23-24-17)14-7-6-13(8-14)5-4-12(2)21-19(28)29/h10-14,21H,3-9H2,1-2H3,(H,28,29)(H2,22,23,24,27)/t12-,13?,14?/m0/s1. The summed E-state index contributed by atoms with van der Waals surface area (Å²) in [5, 5.41) is 29.6. The maximum atomic E-state index is 12.2. The average molecular weight is 403 g/mol. The first-order chi connectivity index (χ1) is 13.9. The molecule has 1 fully saturated rings. The summed E-state index contributed by atoms with van der Waals surface area (Å²) >= 11 is 0. The Morgan fingerprint density at radius 2 is 2.24 bits per heavy atom. The van der Waals surface area contributed by atoms with Crippen LogP contribution in [-0.2, 0) is 17.8 Å². The van der Waals surface area contributed by atoms with Crippen molar-refractivity contribution in [2.24, 2.45) is 5.92 Å². The van der Waals surface area contributed by atoms with Crippen LogP contribution >= 0.6 is 0 Å². The van der Waals surface area contributed by atoms with E-state index in [2.05, 4.69) is 31.0 Å². The molecule has 0 aliphatic heterocycles. The fourth-order valence-corrected chi connectivity index (χ4v) is 3.92. The number of hydrogen-bond acceptors (Lipinski definition) is 5. The molecule has 29 heavy (non-hydrogen) atoms. The van der Waals surface area contributed by atoms with Gasteiger partial charge in [0.25, 0.3) is 0 Å². The van der Waals surface area contributed by atoms with Crippen molar-refractivity contribution in [3.05, 3.63) is 23.7 Å². The number of rotatable bonds is 9. The van der Waals surface area contributed by atoms with Crippen molar-refractivity contribution in [1.82, 2.24) is 30.5 Å². The number of aromatic amines is 1. The smallest absolute Gasteiger partial charge is 0.404 e. The van der Waals surface area contributed by atoms with E-state index in [4.69, 9.17) is 5.11 Å². The number of nitrogens with zero attached hydrogens (tertiary/aromatic N) is 4. The summed E-state index contributed by atoms with van der Waals surface area (Å²) in [6, 6.07) is 1.88. The van der Waals surface area contributed by atoms with Gasteiger partial charge in [0.15, 0.2) is 5.82 Å². The van der Waals surface area contributed by atoms with Crippen molar-refractivity contribution in [2.45, 2.75) is 70.9 Å². The number of aromatic nitrogens is 5. The van der Waals surface area contributed by atoms with Crippen molar-refractivity contribution in [3.8, 4) is 0 Å². The molecular formula is C19H29N7O3. The summed E-state index contributed by atoms with van der Waals surface area (Å²) in [5.74, 6) is 1.33. The number of H-pyrrole nitrogens is 1. The van der Waals surface area contributed by atoms with Gasteiger partial charge in [0.05, 0.1) is 24.9 Å². The van der Waals surface area contributed by atoms with Crippen LogP contribution in [0, 0.1) is 5.92 Å². The van der Waals surface area contributed by atoms with Gasteiger partial charge >= 0.3 is 6.09 Å². The molecule has 1 saturated carbocycles. The zero-order valence-corrected chi connectivity index (χ0v) is 16.9. The molecule has 4 N–H and O–H groups in total. The molecule has 2 unspecified atom stereocenters. The lowest BCUT2D eigenvalue weighted by Gasteiger charge is -2.14. The van der Waals surface area contributed by atoms with E-state index in [1.807, 2.05) is 19.9 Å². The Bertz CT molecular complexity index is 831. The van der Waals surface area contributed by atoms with Gasteiger partial charge in [-0.05, 0) is 51.9 Å². The molecule has 0 radical (unpaired) electrons. The van der Waals surface area contributed by atoms with E-state index in [0.29, 0.717) is 29.9 Å². The molecule has 2 amide bonds. The second-order valence-corrected chi connectivity index (χ2v) is 7.76. The first-order valence-corrected chi connectivity index (χ1v) is 10.2. The molecule has 3 atom stereocenters. The van der Waals surface area contributed by atoms with Gasteiger partial charge in [0, 0.05) is 23.7 Å². The third kappa shape index (κ3) is 6.03. The third-order valence-electron chi connectivity index (χ3n) is 5.43. The number of amides is 2. The minimum Gasteiger partial charge on any atom is -0.465 e. The Hall–Kier alpha value is -2.91. The highest BCUT2D eigenvalue weighted by molar-refractivity contribution is 5.91. The molecule has 0 bridgehead atoms. The fourth-order valence-electron chi connectivity index (χ4n) is 3.92. The third-order valence-corrected chi connectivity index (χ3v) is 5.43. The van der Waals surface area contributed by atoms with Crippen LogP contribution in [0.3, 0.4) is 0 Å². The van der Waals surface area contributed by atoms with Crippen molar-refractivity contribution < 1.29 is 14.7 Å². The molecule has 0 spiro atoms. The largest absolute Gasteiger partial charge is 0.465 e. The Labute approximate surface area is 169 Å². The number of carbonyl (C=O) groups is 2. The van der Waals surface area contributed by atoms with Crippen molar-refractivity contribution in [2.75, 3.05) is 5.32 Å². The van der Waals surface area contributed by atoms with E-state index >= 15 is 0 Å². The van der Waals surface area contributed by atoms with Gasteiger partial charge in [-0.2, -0.15) is 20.1 Å². The van der Waals surface area contributed by atoms with Crippen molar-refractivity contribution >= 4 is 17.8 Å². The lowest BCUT2D eigenvalue weighted by Crippen LogP contribution is -2.31. The number of nitrogens with one attached hydrogen (secondary N) is 3. The van der Waals surface area contributed by atoms with E-state index in [1.165, 1.54) is 0 Å². The van der Waals surface area contributed by atoms with E-state index in [-0.39, 0.29) is 18.4 Å². The Kier molecular flexibility index (Phi) is 6.84. The monoisotopic (exact) mass is 403 g/mol. The normalized spacial score (nSPS) is 19.8. The van der Waals surface area contributed by atoms with Crippen LogP contribution in [0.4, 0.5) is 10.6 Å². The van der Waals surface area contributed by atoms with Crippen LogP contribution in [0.25, 0.3) is 0 Å². The fraction of sp³-hybridized carbons (Fsp3) is 0.632. The molecule has 0 aromatic carbocycles. The molecule has 10 nitrogen and oxygen atoms in total. The number of carbonyl (C=O) groups excluding carboxylic acids is 1. The lowest BCUT2D eigenvalue weighted by molar-refractivity contribution is -0.115. The minimum absolute atomic E-state index is 0.0283. The number of anilines is 1. The number of aryl methyl sites for hydroxylation is 1. The molecule has 1 aliphatic carbocycles. The van der Waals surface area contributed by atoms with Gasteiger partial charge in [-0.1, -0.05) is 0 Å². The van der Waals surface area contributed by atoms with Gasteiger partial charge in [0.1, 0.15) is 0 Å². The Balaban J connectivity index is 1.45. The van der Waals surface area contributed by atoms with Crippen LogP contribution in [0.15, 0.2) is 12.3 Å². The summed E-state index contributed by atoms with van der Waals surface area (Å²) in [5.41, 5.74) is 1.67. The molecule has 2 aromatic rings. The summed E-state index contributed by atoms with van der Waals surface area (Å²) in [4.78, 5) is 24.4. The van der Waals surface area contributed by atoms with Crippen LogP contribution in [0.2, 0.25) is 0 Å². The van der Waals surface area contributed by atoms with E-state index in [1.54, 1.807) is 11.0 Å². The molecule has 2 heterocycles. The zero-order valence-electron chi connectivity index (χ0n) is 16.9. The lowest BCUT2D eigenvalue weighted by atomic mass is 9.96. The van der Waals surface area contributed by atoms with E-state index in [9.17, 15) is 9.59 Å². The van der Waals surface area contributed by atoms with Gasteiger partial charge in [-0.25, -0.2) is 4.79 Å². The predicted molar refractivity (Wildman–Crippen MR) is 107 cm³/mol. The average Bonchev–Trinajstić information content (AvgIpc) is 3.39. The van der Waals surface area contributed by atoms with Gasteiger partial charge in [0.2, 0.25) is 5.91 Å². The van der Waals surface area contributed by atoms with E-state index < -0.39 is 6.09 Å². The molecule has 1 aliphatic rings. The minimum atomic E-state index is -0.969. The highest BCUT2D eigenvalue weighted by atomic mass is 16.4. The molecule has 158 valence electrons. The molecule has 2 aromatic heterocycles. The van der Waals surface area contributed by atoms with Crippen LogP contribution in [-0.4, -0.2) is 48.3 Å². The SMILES string of the molecule is CCn1ncc(CC(=O)Nc2cc(C3CCC(CC[C@H](C)NC(=O)O)C3)[nH]n2)n1. The highest BCUT2D eigenvalue weighted by Gasteiger charge is 2.27. The quantitative estimate of drug-likeness (QED) is 0.507. The first kappa shape index (κ1) is 20.8. The molecule has 3 rings (SSSR count). The van der Waals surface area contributed by atoms with Gasteiger partial charge in [-0.15, -0.1) is 0 Å². The van der Waals surface area contributed by atoms with Crippen LogP contribution < -0.4 is 10.6 Å². The number of carboxylic acid groups (broad SMARTS) is 1. The summed E-state index contributed by atoms with van der Waals surface area (Å²) in [6.45, 7) is 4.51. The second kappa shape index (κ2) is 9.53. The summed E-state index contributed by atoms with van der Waals surface area (Å²) < 4.78 is 0. The van der Waals surface area contributed by atoms with Crippen LogP contribution in [0.1, 0.15) is 63.3 Å². The molecular weight excluding hydrogens is 374 g/mol. The summed E-state index contributed by atoms with van der Waals surface area (Å²) in [7, 11) is 0. The molecule has 10 heteroatoms. The number of hydrogen-bond donors (Lipinski definition) is 4. The van der Waals surface area contributed by atoms with Crippen molar-refractivity contribution in [1.29, 1.82) is 0 Å². The van der Waals surface area contributed by atoms with Gasteiger partial charge in [-0.3, -0.25) is 9.89 Å². The topological polar surface area (TPSA) is 138 Å². The summed E-state index contributed by atoms with van der Waals surface area (Å²) in [6.07, 6.45) is 5.89. The van der Waals surface area contributed by atoms with Crippen molar-refractivity contribution in [3.63, 3.8) is 0 Å². The Morgan fingerprint density at radius 1 is 1.41 bits per heavy atom. The predicted octanol–water partition coefficient (Wildman–Crippen LogP) is 2.52. The van der Waals surface area contributed by atoms with E-state index in [0.717, 1.165) is 37.8 Å². The van der Waals surface area contributed by atoms with Gasteiger partial charge < -0.3 is 15.7 Å². The van der Waals surface area contributed by atoms with Crippen LogP contribution in [0.5, 0.6) is 0 Å².